The van der Waals surface area contributed by atoms with E-state index in [1.807, 2.05) is 0 Å². The van der Waals surface area contributed by atoms with Gasteiger partial charge in [0.05, 0.1) is 6.61 Å². The first-order valence-electron chi connectivity index (χ1n) is 9.89. The van der Waals surface area contributed by atoms with E-state index in [1.54, 1.807) is 0 Å². The van der Waals surface area contributed by atoms with Gasteiger partial charge in [-0.15, -0.1) is 0 Å². The zero-order chi connectivity index (χ0) is 18.4. The first kappa shape index (κ1) is 18.7. The van der Waals surface area contributed by atoms with E-state index in [9.17, 15) is 9.90 Å². The number of fused-ring (bicyclic) bond motifs is 1. The number of aliphatic hydroxyl groups is 1. The number of cyclic esters (lactones) is 1. The molecule has 2 aliphatic carbocycles. The van der Waals surface area contributed by atoms with Crippen LogP contribution in [0.2, 0.25) is 0 Å². The fourth-order valence-electron chi connectivity index (χ4n) is 5.98. The van der Waals surface area contributed by atoms with Crippen molar-refractivity contribution in [3.8, 4) is 0 Å². The van der Waals surface area contributed by atoms with Gasteiger partial charge in [0.15, 0.2) is 0 Å². The predicted molar refractivity (Wildman–Crippen MR) is 99.9 cm³/mol. The number of hydrogen-bond acceptors (Lipinski definition) is 3. The van der Waals surface area contributed by atoms with Crippen LogP contribution in [0, 0.1) is 34.5 Å². The Morgan fingerprint density at radius 1 is 1.32 bits per heavy atom. The molecular formula is C22H34O3. The van der Waals surface area contributed by atoms with Crippen LogP contribution >= 0.6 is 0 Å². The monoisotopic (exact) mass is 346 g/mol. The minimum absolute atomic E-state index is 0.0152. The summed E-state index contributed by atoms with van der Waals surface area (Å²) in [7, 11) is 0. The molecule has 0 aromatic rings. The molecule has 3 fully saturated rings. The number of esters is 1. The summed E-state index contributed by atoms with van der Waals surface area (Å²) in [5.41, 5.74) is 2.30. The first-order valence-corrected chi connectivity index (χ1v) is 9.89. The summed E-state index contributed by atoms with van der Waals surface area (Å²) in [5, 5.41) is 10.2. The Bertz CT molecular complexity index is 592. The van der Waals surface area contributed by atoms with Gasteiger partial charge >= 0.3 is 5.97 Å². The average Bonchev–Trinajstić information content (AvgIpc) is 2.89. The highest BCUT2D eigenvalue weighted by molar-refractivity contribution is 5.90. The Morgan fingerprint density at radius 3 is 2.64 bits per heavy atom. The molecule has 1 saturated heterocycles. The molecule has 1 heterocycles. The molecule has 25 heavy (non-hydrogen) atoms. The van der Waals surface area contributed by atoms with Gasteiger partial charge < -0.3 is 9.84 Å². The van der Waals surface area contributed by atoms with Crippen molar-refractivity contribution in [1.29, 1.82) is 0 Å². The molecule has 0 aromatic heterocycles. The van der Waals surface area contributed by atoms with Gasteiger partial charge in [-0.05, 0) is 60.7 Å². The Kier molecular flexibility index (Phi) is 4.91. The summed E-state index contributed by atoms with van der Waals surface area (Å²) in [6.07, 6.45) is 7.50. The highest BCUT2D eigenvalue weighted by atomic mass is 16.5. The maximum atomic E-state index is 11.9. The zero-order valence-electron chi connectivity index (χ0n) is 16.3. The number of rotatable bonds is 3. The second-order valence-corrected chi connectivity index (χ2v) is 9.31. The van der Waals surface area contributed by atoms with Gasteiger partial charge in [0.25, 0.3) is 0 Å². The average molecular weight is 347 g/mol. The fourth-order valence-corrected chi connectivity index (χ4v) is 5.98. The lowest BCUT2D eigenvalue weighted by molar-refractivity contribution is -0.135. The normalized spacial score (nSPS) is 46.2. The number of carbonyl (C=O) groups excluding carboxylic acids is 1. The summed E-state index contributed by atoms with van der Waals surface area (Å²) in [6, 6.07) is 0. The minimum atomic E-state index is -0.145. The van der Waals surface area contributed by atoms with Gasteiger partial charge in [-0.2, -0.15) is 0 Å². The molecule has 1 N–H and O–H groups in total. The Labute approximate surface area is 152 Å². The zero-order valence-corrected chi connectivity index (χ0v) is 16.3. The molecule has 1 aliphatic heterocycles. The van der Waals surface area contributed by atoms with Crippen molar-refractivity contribution < 1.29 is 14.6 Å². The molecule has 0 unspecified atom stereocenters. The lowest BCUT2D eigenvalue weighted by Gasteiger charge is -2.60. The van der Waals surface area contributed by atoms with Crippen LogP contribution in [0.5, 0.6) is 0 Å². The largest absolute Gasteiger partial charge is 0.462 e. The molecule has 3 aliphatic rings. The van der Waals surface area contributed by atoms with Crippen LogP contribution in [0.4, 0.5) is 0 Å². The highest BCUT2D eigenvalue weighted by Gasteiger charge is 2.56. The molecule has 3 heteroatoms. The van der Waals surface area contributed by atoms with Gasteiger partial charge in [0.1, 0.15) is 0 Å². The van der Waals surface area contributed by atoms with Gasteiger partial charge in [0, 0.05) is 18.1 Å². The van der Waals surface area contributed by atoms with Gasteiger partial charge in [-0.1, -0.05) is 45.9 Å². The summed E-state index contributed by atoms with van der Waals surface area (Å²) in [4.78, 5) is 11.9. The maximum Gasteiger partial charge on any atom is 0.334 e. The van der Waals surface area contributed by atoms with Crippen LogP contribution in [-0.4, -0.2) is 24.3 Å². The molecule has 0 aromatic carbocycles. The molecule has 2 saturated carbocycles. The molecule has 3 nitrogen and oxygen atoms in total. The first-order chi connectivity index (χ1) is 11.7. The van der Waals surface area contributed by atoms with E-state index in [0.29, 0.717) is 24.4 Å². The summed E-state index contributed by atoms with van der Waals surface area (Å²) >= 11 is 0. The highest BCUT2D eigenvalue weighted by Crippen LogP contribution is 2.63. The molecule has 3 rings (SSSR count). The van der Waals surface area contributed by atoms with Gasteiger partial charge in [0.2, 0.25) is 0 Å². The lowest BCUT2D eigenvalue weighted by atomic mass is 9.44. The van der Waals surface area contributed by atoms with Crippen LogP contribution in [-0.2, 0) is 9.53 Å². The molecule has 140 valence electrons. The Morgan fingerprint density at radius 2 is 2.04 bits per heavy atom. The smallest absolute Gasteiger partial charge is 0.334 e. The Hall–Kier alpha value is -1.09. The Balaban J connectivity index is 1.89. The molecule has 0 spiro atoms. The van der Waals surface area contributed by atoms with Crippen molar-refractivity contribution in [3.63, 3.8) is 0 Å². The van der Waals surface area contributed by atoms with Crippen molar-refractivity contribution in [2.24, 2.45) is 34.5 Å². The molecule has 0 amide bonds. The molecule has 6 atom stereocenters. The van der Waals surface area contributed by atoms with E-state index in [1.165, 1.54) is 12.0 Å². The third-order valence-corrected chi connectivity index (χ3v) is 8.02. The quantitative estimate of drug-likeness (QED) is 0.464. The van der Waals surface area contributed by atoms with E-state index in [4.69, 9.17) is 4.74 Å². The summed E-state index contributed by atoms with van der Waals surface area (Å²) in [5.74, 6) is 1.49. The van der Waals surface area contributed by atoms with E-state index < -0.39 is 0 Å². The van der Waals surface area contributed by atoms with E-state index in [0.717, 1.165) is 31.3 Å². The molecule has 0 radical (unpaired) electrons. The van der Waals surface area contributed by atoms with Crippen LogP contribution in [0.15, 0.2) is 23.8 Å². The summed E-state index contributed by atoms with van der Waals surface area (Å²) < 4.78 is 5.18. The van der Waals surface area contributed by atoms with Crippen LogP contribution in [0.3, 0.4) is 0 Å². The minimum Gasteiger partial charge on any atom is -0.462 e. The predicted octanol–water partition coefficient (Wildman–Crippen LogP) is 4.51. The second-order valence-electron chi connectivity index (χ2n) is 9.31. The maximum absolute atomic E-state index is 11.9. The van der Waals surface area contributed by atoms with Crippen molar-refractivity contribution in [1.82, 2.24) is 0 Å². The van der Waals surface area contributed by atoms with Crippen molar-refractivity contribution >= 4 is 5.97 Å². The standard InChI is InChI=1S/C22H34O3/c1-14-6-9-19-21(4,11-10-16(3)22(19,5)13-23)18(14)8-7-17-15(2)12-25-20(17)24/h7,15-16,18-19,23H,1,6,8-13H2,2-5H3/b17-7+/t15-,16-,18-,19+,21+,22-/m1/s1. The van der Waals surface area contributed by atoms with Gasteiger partial charge in [-0.3, -0.25) is 0 Å². The van der Waals surface area contributed by atoms with E-state index in [2.05, 4.69) is 40.3 Å². The van der Waals surface area contributed by atoms with E-state index in [-0.39, 0.29) is 29.3 Å². The number of hydrogen-bond donors (Lipinski definition) is 1. The van der Waals surface area contributed by atoms with Crippen molar-refractivity contribution in [2.75, 3.05) is 13.2 Å². The van der Waals surface area contributed by atoms with E-state index >= 15 is 0 Å². The SMILES string of the molecule is C=C1CC[C@@H]2[C@](C)(CO)[C@H](C)CC[C@@]2(C)[C@@H]1C/C=C1/C(=O)OC[C@H]1C. The topological polar surface area (TPSA) is 46.5 Å². The number of carbonyl (C=O) groups is 1. The number of ether oxygens (including phenoxy) is 1. The van der Waals surface area contributed by atoms with Gasteiger partial charge in [-0.25, -0.2) is 4.79 Å². The summed E-state index contributed by atoms with van der Waals surface area (Å²) in [6.45, 7) is 14.2. The van der Waals surface area contributed by atoms with Crippen LogP contribution in [0.1, 0.15) is 59.8 Å². The lowest BCUT2D eigenvalue weighted by Crippen LogP contribution is -2.54. The number of aliphatic hydroxyl groups excluding tert-OH is 1. The fraction of sp³-hybridized carbons (Fsp3) is 0.773. The van der Waals surface area contributed by atoms with Crippen molar-refractivity contribution in [3.05, 3.63) is 23.8 Å². The van der Waals surface area contributed by atoms with Crippen LogP contribution in [0.25, 0.3) is 0 Å². The molecule has 0 bridgehead atoms. The second kappa shape index (κ2) is 6.57. The third-order valence-electron chi connectivity index (χ3n) is 8.02. The van der Waals surface area contributed by atoms with Crippen LogP contribution < -0.4 is 0 Å². The van der Waals surface area contributed by atoms with Crippen molar-refractivity contribution in [2.45, 2.75) is 59.8 Å². The molecular weight excluding hydrogens is 312 g/mol. The third kappa shape index (κ3) is 2.89. The number of allylic oxidation sites excluding steroid dienone is 2.